The summed E-state index contributed by atoms with van der Waals surface area (Å²) in [5.74, 6) is 2.54. The first kappa shape index (κ1) is 16.7. The Kier molecular flexibility index (Phi) is 5.74. The minimum atomic E-state index is -0.752. The molecule has 1 heterocycles. The molecule has 1 aromatic rings. The summed E-state index contributed by atoms with van der Waals surface area (Å²) in [6, 6.07) is 0. The molecule has 0 fully saturated rings. The average Bonchev–Trinajstić information content (AvgIpc) is 2.35. The van der Waals surface area contributed by atoms with Crippen LogP contribution in [0.4, 0.5) is 11.6 Å². The van der Waals surface area contributed by atoms with E-state index in [0.717, 1.165) is 42.5 Å². The average molecular weight is 280 g/mol. The van der Waals surface area contributed by atoms with Gasteiger partial charge in [0.2, 0.25) is 0 Å². The molecule has 0 radical (unpaired) electrons. The highest BCUT2D eigenvalue weighted by molar-refractivity contribution is 5.58. The maximum Gasteiger partial charge on any atom is 0.137 e. The molecular formula is C15H28N4O. The maximum atomic E-state index is 10.1. The molecule has 1 aromatic heterocycles. The Morgan fingerprint density at radius 3 is 2.35 bits per heavy atom. The first-order valence-electron chi connectivity index (χ1n) is 7.35. The van der Waals surface area contributed by atoms with Gasteiger partial charge in [-0.1, -0.05) is 6.92 Å². The van der Waals surface area contributed by atoms with Crippen LogP contribution in [0.2, 0.25) is 0 Å². The summed E-state index contributed by atoms with van der Waals surface area (Å²) < 4.78 is 0. The van der Waals surface area contributed by atoms with E-state index in [9.17, 15) is 5.11 Å². The molecule has 114 valence electrons. The minimum absolute atomic E-state index is 0.550. The van der Waals surface area contributed by atoms with Gasteiger partial charge in [-0.2, -0.15) is 0 Å². The van der Waals surface area contributed by atoms with E-state index in [4.69, 9.17) is 0 Å². The van der Waals surface area contributed by atoms with Crippen LogP contribution in [-0.4, -0.2) is 40.3 Å². The molecule has 5 nitrogen and oxygen atoms in total. The van der Waals surface area contributed by atoms with E-state index in [0.29, 0.717) is 6.54 Å². The van der Waals surface area contributed by atoms with Crippen LogP contribution in [0.1, 0.15) is 45.5 Å². The molecule has 0 aliphatic carbocycles. The Labute approximate surface area is 122 Å². The third-order valence-corrected chi connectivity index (χ3v) is 3.03. The molecule has 0 unspecified atom stereocenters. The third kappa shape index (κ3) is 4.63. The highest BCUT2D eigenvalue weighted by atomic mass is 16.3. The lowest BCUT2D eigenvalue weighted by Crippen LogP contribution is -2.39. The lowest BCUT2D eigenvalue weighted by atomic mass is 10.1. The highest BCUT2D eigenvalue weighted by Crippen LogP contribution is 2.24. The Balaban J connectivity index is 3.11. The van der Waals surface area contributed by atoms with E-state index < -0.39 is 5.60 Å². The number of rotatable bonds is 7. The number of nitrogens with one attached hydrogen (secondary N) is 1. The number of likely N-dealkylation sites (N-methyl/N-ethyl adjacent to an activating group) is 1. The maximum absolute atomic E-state index is 10.1. The van der Waals surface area contributed by atoms with Crippen molar-refractivity contribution in [3.05, 3.63) is 11.4 Å². The van der Waals surface area contributed by atoms with E-state index in [2.05, 4.69) is 34.0 Å². The van der Waals surface area contributed by atoms with Crippen molar-refractivity contribution in [2.75, 3.05) is 29.9 Å². The van der Waals surface area contributed by atoms with Crippen LogP contribution >= 0.6 is 0 Å². The van der Waals surface area contributed by atoms with Gasteiger partial charge in [-0.3, -0.25) is 0 Å². The van der Waals surface area contributed by atoms with Crippen LogP contribution in [0.3, 0.4) is 0 Å². The van der Waals surface area contributed by atoms with Crippen LogP contribution in [-0.2, 0) is 0 Å². The van der Waals surface area contributed by atoms with Gasteiger partial charge < -0.3 is 15.3 Å². The first-order valence-corrected chi connectivity index (χ1v) is 7.35. The molecule has 0 atom stereocenters. The van der Waals surface area contributed by atoms with Crippen molar-refractivity contribution in [2.24, 2.45) is 0 Å². The molecule has 2 N–H and O–H groups in total. The Morgan fingerprint density at radius 1 is 1.20 bits per heavy atom. The van der Waals surface area contributed by atoms with Crippen LogP contribution < -0.4 is 10.2 Å². The number of hydrogen-bond donors (Lipinski definition) is 2. The lowest BCUT2D eigenvalue weighted by molar-refractivity contribution is 0.0874. The predicted octanol–water partition coefficient (Wildman–Crippen LogP) is 2.51. The van der Waals surface area contributed by atoms with Crippen molar-refractivity contribution >= 4 is 11.6 Å². The van der Waals surface area contributed by atoms with Crippen molar-refractivity contribution in [1.82, 2.24) is 9.97 Å². The lowest BCUT2D eigenvalue weighted by Gasteiger charge is -2.30. The summed E-state index contributed by atoms with van der Waals surface area (Å²) in [5, 5.41) is 13.4. The van der Waals surface area contributed by atoms with Gasteiger partial charge in [0.1, 0.15) is 17.5 Å². The van der Waals surface area contributed by atoms with Crippen LogP contribution in [0.25, 0.3) is 0 Å². The zero-order valence-corrected chi connectivity index (χ0v) is 13.6. The molecule has 0 amide bonds. The summed E-state index contributed by atoms with van der Waals surface area (Å²) in [5.41, 5.74) is 0.286. The van der Waals surface area contributed by atoms with Crippen molar-refractivity contribution in [1.29, 1.82) is 0 Å². The van der Waals surface area contributed by atoms with Crippen LogP contribution in [0, 0.1) is 13.8 Å². The van der Waals surface area contributed by atoms with Crippen LogP contribution in [0.15, 0.2) is 0 Å². The van der Waals surface area contributed by atoms with Crippen molar-refractivity contribution in [3.63, 3.8) is 0 Å². The van der Waals surface area contributed by atoms with Gasteiger partial charge >= 0.3 is 0 Å². The zero-order chi connectivity index (χ0) is 15.3. The van der Waals surface area contributed by atoms with E-state index in [-0.39, 0.29) is 0 Å². The number of aliphatic hydroxyl groups is 1. The number of hydrogen-bond acceptors (Lipinski definition) is 5. The molecule has 0 aliphatic heterocycles. The smallest absolute Gasteiger partial charge is 0.137 e. The SMILES string of the molecule is CCCNc1nc(C)nc(N(CC)CC(C)(C)O)c1C. The minimum Gasteiger partial charge on any atom is -0.389 e. The Hall–Kier alpha value is -1.36. The largest absolute Gasteiger partial charge is 0.389 e. The molecule has 0 aromatic carbocycles. The molecule has 5 heteroatoms. The Morgan fingerprint density at radius 2 is 1.85 bits per heavy atom. The summed E-state index contributed by atoms with van der Waals surface area (Å²) in [6.45, 7) is 14.0. The number of aryl methyl sites for hydroxylation is 1. The zero-order valence-electron chi connectivity index (χ0n) is 13.6. The standard InChI is InChI=1S/C15H28N4O/c1-7-9-16-13-11(3)14(18-12(4)17-13)19(8-2)10-15(5,6)20/h20H,7-10H2,1-6H3,(H,16,17,18). The first-order chi connectivity index (χ1) is 9.28. The van der Waals surface area contributed by atoms with Crippen molar-refractivity contribution < 1.29 is 5.11 Å². The summed E-state index contributed by atoms with van der Waals surface area (Å²) in [7, 11) is 0. The fraction of sp³-hybridized carbons (Fsp3) is 0.733. The molecule has 20 heavy (non-hydrogen) atoms. The number of nitrogens with zero attached hydrogens (tertiary/aromatic N) is 3. The molecule has 1 rings (SSSR count). The molecule has 0 saturated heterocycles. The van der Waals surface area contributed by atoms with Gasteiger partial charge in [-0.15, -0.1) is 0 Å². The van der Waals surface area contributed by atoms with Gasteiger partial charge in [-0.05, 0) is 41.0 Å². The molecule has 0 saturated carbocycles. The van der Waals surface area contributed by atoms with Gasteiger partial charge in [0.05, 0.1) is 5.60 Å². The number of anilines is 2. The summed E-state index contributed by atoms with van der Waals surface area (Å²) in [4.78, 5) is 11.1. The second kappa shape index (κ2) is 6.88. The molecule has 0 aliphatic rings. The van der Waals surface area contributed by atoms with E-state index in [1.54, 1.807) is 0 Å². The van der Waals surface area contributed by atoms with E-state index >= 15 is 0 Å². The highest BCUT2D eigenvalue weighted by Gasteiger charge is 2.21. The monoisotopic (exact) mass is 280 g/mol. The topological polar surface area (TPSA) is 61.3 Å². The van der Waals surface area contributed by atoms with Gasteiger partial charge in [0, 0.05) is 25.2 Å². The molecular weight excluding hydrogens is 252 g/mol. The molecule has 0 bridgehead atoms. The van der Waals surface area contributed by atoms with E-state index in [1.807, 2.05) is 27.7 Å². The second-order valence-corrected chi connectivity index (χ2v) is 5.82. The fourth-order valence-corrected chi connectivity index (χ4v) is 2.14. The summed E-state index contributed by atoms with van der Waals surface area (Å²) in [6.07, 6.45) is 1.05. The normalized spacial score (nSPS) is 11.6. The predicted molar refractivity (Wildman–Crippen MR) is 84.5 cm³/mol. The van der Waals surface area contributed by atoms with Crippen molar-refractivity contribution in [3.8, 4) is 0 Å². The van der Waals surface area contributed by atoms with Crippen molar-refractivity contribution in [2.45, 2.75) is 53.6 Å². The van der Waals surface area contributed by atoms with E-state index in [1.165, 1.54) is 0 Å². The number of aromatic nitrogens is 2. The van der Waals surface area contributed by atoms with Gasteiger partial charge in [0.25, 0.3) is 0 Å². The van der Waals surface area contributed by atoms with Gasteiger partial charge in [-0.25, -0.2) is 9.97 Å². The third-order valence-electron chi connectivity index (χ3n) is 3.03. The Bertz CT molecular complexity index is 440. The van der Waals surface area contributed by atoms with Crippen LogP contribution in [0.5, 0.6) is 0 Å². The molecule has 0 spiro atoms. The van der Waals surface area contributed by atoms with Gasteiger partial charge in [0.15, 0.2) is 0 Å². The second-order valence-electron chi connectivity index (χ2n) is 5.82. The summed E-state index contributed by atoms with van der Waals surface area (Å²) >= 11 is 0. The quantitative estimate of drug-likeness (QED) is 0.803. The fourth-order valence-electron chi connectivity index (χ4n) is 2.14.